The molecule has 1 atom stereocenters. The molecule has 3 heterocycles. The Kier molecular flexibility index (Phi) is 4.36. The summed E-state index contributed by atoms with van der Waals surface area (Å²) in [7, 11) is 0. The smallest absolute Gasteiger partial charge is 0.225 e. The van der Waals surface area contributed by atoms with E-state index >= 15 is 0 Å². The second kappa shape index (κ2) is 6.62. The second-order valence-corrected chi connectivity index (χ2v) is 7.54. The van der Waals surface area contributed by atoms with E-state index in [-0.39, 0.29) is 0 Å². The molecule has 1 saturated carbocycles. The molecule has 1 aromatic rings. The molecule has 3 aliphatic rings. The Morgan fingerprint density at radius 3 is 2.65 bits per heavy atom. The van der Waals surface area contributed by atoms with Crippen molar-refractivity contribution in [3.8, 4) is 0 Å². The summed E-state index contributed by atoms with van der Waals surface area (Å²) < 4.78 is 2.36. The predicted octanol–water partition coefficient (Wildman–Crippen LogP) is 2.90. The molecule has 0 spiro atoms. The van der Waals surface area contributed by atoms with E-state index in [1.54, 1.807) is 0 Å². The fraction of sp³-hybridized carbons (Fsp3) is 0.833. The number of likely N-dealkylation sites (tertiary alicyclic amines) is 1. The van der Waals surface area contributed by atoms with E-state index in [9.17, 15) is 4.79 Å². The molecule has 4 rings (SSSR count). The maximum Gasteiger partial charge on any atom is 0.225 e. The summed E-state index contributed by atoms with van der Waals surface area (Å²) in [5.41, 5.74) is 0. The summed E-state index contributed by atoms with van der Waals surface area (Å²) in [6.07, 6.45) is 11.7. The number of nitrogens with zero attached hydrogens (tertiary/aromatic N) is 4. The number of hydrogen-bond acceptors (Lipinski definition) is 3. The Morgan fingerprint density at radius 1 is 0.913 bits per heavy atom. The summed E-state index contributed by atoms with van der Waals surface area (Å²) >= 11 is 0. The molecule has 5 heteroatoms. The molecule has 2 fully saturated rings. The van der Waals surface area contributed by atoms with Crippen molar-refractivity contribution >= 4 is 5.91 Å². The lowest BCUT2D eigenvalue weighted by atomic mass is 9.95. The predicted molar refractivity (Wildman–Crippen MR) is 88.1 cm³/mol. The Balaban J connectivity index is 1.49. The molecule has 0 N–H and O–H groups in total. The molecule has 1 saturated heterocycles. The Hall–Kier alpha value is -1.39. The summed E-state index contributed by atoms with van der Waals surface area (Å²) in [5.74, 6) is 3.39. The zero-order valence-electron chi connectivity index (χ0n) is 14.0. The molecule has 0 bridgehead atoms. The van der Waals surface area contributed by atoms with Crippen molar-refractivity contribution in [2.75, 3.05) is 13.1 Å². The molecule has 0 aromatic carbocycles. The van der Waals surface area contributed by atoms with Crippen molar-refractivity contribution in [1.29, 1.82) is 0 Å². The molecule has 23 heavy (non-hydrogen) atoms. The van der Waals surface area contributed by atoms with Gasteiger partial charge in [-0.25, -0.2) is 0 Å². The van der Waals surface area contributed by atoms with Crippen LogP contribution in [0.4, 0.5) is 0 Å². The maximum atomic E-state index is 12.7. The van der Waals surface area contributed by atoms with Gasteiger partial charge in [0.2, 0.25) is 5.91 Å². The van der Waals surface area contributed by atoms with Gasteiger partial charge in [0, 0.05) is 37.9 Å². The molecule has 1 aliphatic carbocycles. The first kappa shape index (κ1) is 15.2. The SMILES string of the molecule is O=C(C1CCCC1)N1CCC[C@@H](c2nnc3n2CCCCC3)C1. The first-order valence-corrected chi connectivity index (χ1v) is 9.53. The molecule has 2 aliphatic heterocycles. The van der Waals surface area contributed by atoms with Gasteiger partial charge < -0.3 is 9.47 Å². The van der Waals surface area contributed by atoms with Crippen molar-refractivity contribution in [3.63, 3.8) is 0 Å². The number of hydrogen-bond donors (Lipinski definition) is 0. The van der Waals surface area contributed by atoms with Gasteiger partial charge in [-0.15, -0.1) is 10.2 Å². The molecular weight excluding hydrogens is 288 g/mol. The quantitative estimate of drug-likeness (QED) is 0.843. The van der Waals surface area contributed by atoms with Crippen LogP contribution >= 0.6 is 0 Å². The molecule has 0 radical (unpaired) electrons. The van der Waals surface area contributed by atoms with Crippen LogP contribution in [-0.2, 0) is 17.8 Å². The van der Waals surface area contributed by atoms with E-state index in [4.69, 9.17) is 0 Å². The highest BCUT2D eigenvalue weighted by Gasteiger charge is 2.33. The average molecular weight is 316 g/mol. The van der Waals surface area contributed by atoms with Crippen molar-refractivity contribution in [2.45, 2.75) is 76.7 Å². The minimum absolute atomic E-state index is 0.296. The van der Waals surface area contributed by atoms with E-state index in [1.807, 2.05) is 0 Å². The van der Waals surface area contributed by atoms with E-state index in [1.165, 1.54) is 32.1 Å². The second-order valence-electron chi connectivity index (χ2n) is 7.54. The third-order valence-corrected chi connectivity index (χ3v) is 5.94. The van der Waals surface area contributed by atoms with Crippen LogP contribution < -0.4 is 0 Å². The minimum Gasteiger partial charge on any atom is -0.342 e. The lowest BCUT2D eigenvalue weighted by Crippen LogP contribution is -2.42. The first-order chi connectivity index (χ1) is 11.3. The first-order valence-electron chi connectivity index (χ1n) is 9.53. The van der Waals surface area contributed by atoms with Crippen molar-refractivity contribution in [1.82, 2.24) is 19.7 Å². The fourth-order valence-electron chi connectivity index (χ4n) is 4.63. The lowest BCUT2D eigenvalue weighted by molar-refractivity contribution is -0.136. The number of aryl methyl sites for hydroxylation is 1. The monoisotopic (exact) mass is 316 g/mol. The van der Waals surface area contributed by atoms with Crippen LogP contribution in [0.2, 0.25) is 0 Å². The summed E-state index contributed by atoms with van der Waals surface area (Å²) in [5, 5.41) is 8.98. The van der Waals surface area contributed by atoms with Crippen LogP contribution in [0.1, 0.15) is 75.4 Å². The zero-order chi connectivity index (χ0) is 15.6. The maximum absolute atomic E-state index is 12.7. The number of aromatic nitrogens is 3. The van der Waals surface area contributed by atoms with Crippen molar-refractivity contribution in [3.05, 3.63) is 11.6 Å². The number of carbonyl (C=O) groups is 1. The van der Waals surface area contributed by atoms with Crippen LogP contribution in [-0.4, -0.2) is 38.7 Å². The molecule has 1 amide bonds. The topological polar surface area (TPSA) is 51.0 Å². The van der Waals surface area contributed by atoms with Gasteiger partial charge in [-0.2, -0.15) is 0 Å². The lowest BCUT2D eigenvalue weighted by Gasteiger charge is -2.34. The van der Waals surface area contributed by atoms with Crippen LogP contribution in [0.3, 0.4) is 0 Å². The highest BCUT2D eigenvalue weighted by Crippen LogP contribution is 2.31. The van der Waals surface area contributed by atoms with Crippen molar-refractivity contribution < 1.29 is 4.79 Å². The van der Waals surface area contributed by atoms with Crippen LogP contribution in [0.25, 0.3) is 0 Å². The van der Waals surface area contributed by atoms with Gasteiger partial charge in [0.15, 0.2) is 0 Å². The molecule has 0 unspecified atom stereocenters. The Bertz CT molecular complexity index is 561. The number of fused-ring (bicyclic) bond motifs is 1. The molecule has 5 nitrogen and oxygen atoms in total. The van der Waals surface area contributed by atoms with Gasteiger partial charge in [-0.1, -0.05) is 19.3 Å². The number of carbonyl (C=O) groups excluding carboxylic acids is 1. The zero-order valence-corrected chi connectivity index (χ0v) is 14.0. The van der Waals surface area contributed by atoms with Crippen molar-refractivity contribution in [2.24, 2.45) is 5.92 Å². The van der Waals surface area contributed by atoms with E-state index in [0.29, 0.717) is 17.7 Å². The summed E-state index contributed by atoms with van der Waals surface area (Å²) in [4.78, 5) is 14.9. The van der Waals surface area contributed by atoms with E-state index in [2.05, 4.69) is 19.7 Å². The minimum atomic E-state index is 0.296. The average Bonchev–Trinajstić information content (AvgIpc) is 3.20. The fourth-order valence-corrected chi connectivity index (χ4v) is 4.63. The van der Waals surface area contributed by atoms with Gasteiger partial charge in [0.05, 0.1) is 0 Å². The third-order valence-electron chi connectivity index (χ3n) is 5.94. The van der Waals surface area contributed by atoms with E-state index in [0.717, 1.165) is 63.4 Å². The summed E-state index contributed by atoms with van der Waals surface area (Å²) in [6.45, 7) is 2.85. The largest absolute Gasteiger partial charge is 0.342 e. The van der Waals surface area contributed by atoms with E-state index < -0.39 is 0 Å². The normalized spacial score (nSPS) is 26.1. The van der Waals surface area contributed by atoms with Crippen LogP contribution in [0.5, 0.6) is 0 Å². The molecular formula is C18H28N4O. The van der Waals surface area contributed by atoms with Gasteiger partial charge in [0.25, 0.3) is 0 Å². The molecule has 1 aromatic heterocycles. The molecule has 126 valence electrons. The van der Waals surface area contributed by atoms with Gasteiger partial charge >= 0.3 is 0 Å². The van der Waals surface area contributed by atoms with Gasteiger partial charge in [0.1, 0.15) is 11.6 Å². The number of amides is 1. The number of rotatable bonds is 2. The van der Waals surface area contributed by atoms with Crippen LogP contribution in [0.15, 0.2) is 0 Å². The van der Waals surface area contributed by atoms with Gasteiger partial charge in [-0.05, 0) is 38.5 Å². The third kappa shape index (κ3) is 3.02. The van der Waals surface area contributed by atoms with Gasteiger partial charge in [-0.3, -0.25) is 4.79 Å². The highest BCUT2D eigenvalue weighted by molar-refractivity contribution is 5.79. The standard InChI is InChI=1S/C18H28N4O/c23-18(14-7-3-4-8-14)21-11-6-9-15(13-21)17-20-19-16-10-2-1-5-12-22(16)17/h14-15H,1-13H2/t15-/m1/s1. The number of piperidine rings is 1. The Labute approximate surface area is 138 Å². The Morgan fingerprint density at radius 2 is 1.78 bits per heavy atom. The summed E-state index contributed by atoms with van der Waals surface area (Å²) in [6, 6.07) is 0. The van der Waals surface area contributed by atoms with Crippen LogP contribution in [0, 0.1) is 5.92 Å². The highest BCUT2D eigenvalue weighted by atomic mass is 16.2.